The molecular weight excluding hydrogens is 331 g/mol. The van der Waals surface area contributed by atoms with E-state index >= 15 is 0 Å². The van der Waals surface area contributed by atoms with Crippen molar-refractivity contribution in [2.75, 3.05) is 14.2 Å². The zero-order valence-electron chi connectivity index (χ0n) is 15.9. The summed E-state index contributed by atoms with van der Waals surface area (Å²) < 4.78 is 17.7. The van der Waals surface area contributed by atoms with Gasteiger partial charge in [-0.15, -0.1) is 0 Å². The maximum Gasteiger partial charge on any atom is 0.130 e. The maximum atomic E-state index is 6.35. The van der Waals surface area contributed by atoms with Crippen molar-refractivity contribution < 1.29 is 14.2 Å². The minimum absolute atomic E-state index is 0.159. The van der Waals surface area contributed by atoms with Gasteiger partial charge in [-0.2, -0.15) is 0 Å². The Kier molecular flexibility index (Phi) is 4.97. The van der Waals surface area contributed by atoms with Gasteiger partial charge in [-0.1, -0.05) is 45.9 Å². The Hall–Kier alpha value is -1.73. The molecule has 2 unspecified atom stereocenters. The molecule has 25 heavy (non-hydrogen) atoms. The lowest BCUT2D eigenvalue weighted by atomic mass is 10.0. The quantitative estimate of drug-likeness (QED) is 0.685. The summed E-state index contributed by atoms with van der Waals surface area (Å²) in [5, 5.41) is 1.49. The van der Waals surface area contributed by atoms with E-state index in [0.29, 0.717) is 0 Å². The third kappa shape index (κ3) is 3.11. The first-order valence-electron chi connectivity index (χ1n) is 8.72. The average Bonchev–Trinajstić information content (AvgIpc) is 3.00. The average molecular weight is 358 g/mol. The Bertz CT molecular complexity index is 742. The van der Waals surface area contributed by atoms with Crippen LogP contribution in [0.5, 0.6) is 17.2 Å². The molecule has 0 aliphatic carbocycles. The summed E-state index contributed by atoms with van der Waals surface area (Å²) in [6, 6.07) is 12.3. The van der Waals surface area contributed by atoms with Gasteiger partial charge in [-0.05, 0) is 37.7 Å². The lowest BCUT2D eigenvalue weighted by Crippen LogP contribution is -2.24. The summed E-state index contributed by atoms with van der Waals surface area (Å²) in [7, 11) is 2.94. The molecule has 2 atom stereocenters. The second-order valence-electron chi connectivity index (χ2n) is 7.21. The molecule has 2 aromatic rings. The molecule has 1 aliphatic rings. The van der Waals surface area contributed by atoms with Crippen LogP contribution in [0, 0.1) is 0 Å². The van der Waals surface area contributed by atoms with E-state index in [-0.39, 0.29) is 11.0 Å². The van der Waals surface area contributed by atoms with Crippen LogP contribution < -0.4 is 19.5 Å². The third-order valence-electron chi connectivity index (χ3n) is 4.56. The van der Waals surface area contributed by atoms with Crippen LogP contribution in [0.3, 0.4) is 0 Å². The zero-order chi connectivity index (χ0) is 18.2. The second kappa shape index (κ2) is 6.88. The summed E-state index contributed by atoms with van der Waals surface area (Å²) in [6.07, 6.45) is 1.01. The van der Waals surface area contributed by atoms with Crippen molar-refractivity contribution in [1.82, 2.24) is 0 Å². The van der Waals surface area contributed by atoms with Crippen molar-refractivity contribution in [3.8, 4) is 28.4 Å². The molecular formula is C21H27O3P. The predicted octanol–water partition coefficient (Wildman–Crippen LogP) is 5.41. The molecule has 1 heterocycles. The molecule has 0 N–H and O–H groups in total. The fourth-order valence-corrected chi connectivity index (χ4v) is 6.78. The van der Waals surface area contributed by atoms with E-state index in [1.807, 2.05) is 18.2 Å². The molecule has 3 rings (SSSR count). The monoisotopic (exact) mass is 358 g/mol. The van der Waals surface area contributed by atoms with Gasteiger partial charge in [0.1, 0.15) is 23.1 Å². The molecule has 2 aromatic carbocycles. The molecule has 134 valence electrons. The van der Waals surface area contributed by atoms with Crippen LogP contribution in [0.1, 0.15) is 34.1 Å². The van der Waals surface area contributed by atoms with E-state index < -0.39 is 7.92 Å². The Labute approximate surface area is 152 Å². The molecule has 0 saturated heterocycles. The van der Waals surface area contributed by atoms with Gasteiger partial charge < -0.3 is 14.2 Å². The number of hydrogen-bond donors (Lipinski definition) is 0. The van der Waals surface area contributed by atoms with Crippen molar-refractivity contribution in [3.63, 3.8) is 0 Å². The first-order valence-corrected chi connectivity index (χ1v) is 10.1. The van der Waals surface area contributed by atoms with Crippen LogP contribution in [0.25, 0.3) is 11.1 Å². The van der Waals surface area contributed by atoms with Crippen molar-refractivity contribution in [2.24, 2.45) is 0 Å². The van der Waals surface area contributed by atoms with E-state index in [0.717, 1.165) is 29.2 Å². The zero-order valence-corrected chi connectivity index (χ0v) is 16.8. The predicted molar refractivity (Wildman–Crippen MR) is 106 cm³/mol. The number of benzene rings is 2. The lowest BCUT2D eigenvalue weighted by Gasteiger charge is -2.32. The van der Waals surface area contributed by atoms with Crippen LogP contribution in [0.2, 0.25) is 0 Å². The van der Waals surface area contributed by atoms with Gasteiger partial charge in [-0.3, -0.25) is 0 Å². The normalized spacial score (nSPS) is 19.3. The Morgan fingerprint density at radius 3 is 2.12 bits per heavy atom. The molecule has 0 radical (unpaired) electrons. The SMILES string of the molecule is CCC1Oc2cccc(-c3c(OC)cccc3OC)c2P1C(C)(C)C. The Balaban J connectivity index is 2.28. The van der Waals surface area contributed by atoms with Gasteiger partial charge in [0, 0.05) is 10.9 Å². The molecule has 3 nitrogen and oxygen atoms in total. The first kappa shape index (κ1) is 18.1. The summed E-state index contributed by atoms with van der Waals surface area (Å²) in [5.74, 6) is 2.93. The highest BCUT2D eigenvalue weighted by molar-refractivity contribution is 7.68. The molecule has 0 saturated carbocycles. The van der Waals surface area contributed by atoms with Gasteiger partial charge in [0.05, 0.1) is 19.8 Å². The molecule has 4 heteroatoms. The van der Waals surface area contributed by atoms with E-state index in [1.54, 1.807) is 14.2 Å². The van der Waals surface area contributed by atoms with Crippen molar-refractivity contribution in [3.05, 3.63) is 36.4 Å². The highest BCUT2D eigenvalue weighted by atomic mass is 31.1. The largest absolute Gasteiger partial charge is 0.496 e. The van der Waals surface area contributed by atoms with E-state index in [9.17, 15) is 0 Å². The number of fused-ring (bicyclic) bond motifs is 1. The smallest absolute Gasteiger partial charge is 0.130 e. The van der Waals surface area contributed by atoms with Crippen LogP contribution in [0.4, 0.5) is 0 Å². The van der Waals surface area contributed by atoms with E-state index in [4.69, 9.17) is 14.2 Å². The number of hydrogen-bond acceptors (Lipinski definition) is 3. The van der Waals surface area contributed by atoms with Gasteiger partial charge in [-0.25, -0.2) is 0 Å². The molecule has 0 aromatic heterocycles. The third-order valence-corrected chi connectivity index (χ3v) is 8.00. The van der Waals surface area contributed by atoms with Crippen LogP contribution in [-0.4, -0.2) is 25.2 Å². The topological polar surface area (TPSA) is 27.7 Å². The molecule has 0 spiro atoms. The van der Waals surface area contributed by atoms with Crippen molar-refractivity contribution >= 4 is 13.2 Å². The Morgan fingerprint density at radius 1 is 1.00 bits per heavy atom. The van der Waals surface area contributed by atoms with E-state index in [2.05, 4.69) is 45.9 Å². The molecule has 0 amide bonds. The second-order valence-corrected chi connectivity index (χ2v) is 10.3. The molecule has 0 fully saturated rings. The van der Waals surface area contributed by atoms with Crippen molar-refractivity contribution in [2.45, 2.75) is 45.1 Å². The minimum Gasteiger partial charge on any atom is -0.496 e. The van der Waals surface area contributed by atoms with Gasteiger partial charge in [0.25, 0.3) is 0 Å². The summed E-state index contributed by atoms with van der Waals surface area (Å²) in [6.45, 7) is 9.16. The van der Waals surface area contributed by atoms with Crippen molar-refractivity contribution in [1.29, 1.82) is 0 Å². The molecule has 0 bridgehead atoms. The number of ether oxygens (including phenoxy) is 3. The summed E-state index contributed by atoms with van der Waals surface area (Å²) in [5.41, 5.74) is 2.19. The fraction of sp³-hybridized carbons (Fsp3) is 0.429. The lowest BCUT2D eigenvalue weighted by molar-refractivity contribution is 0.288. The van der Waals surface area contributed by atoms with Gasteiger partial charge in [0.15, 0.2) is 0 Å². The summed E-state index contributed by atoms with van der Waals surface area (Å²) in [4.78, 5) is 0. The highest BCUT2D eigenvalue weighted by Gasteiger charge is 2.42. The first-order chi connectivity index (χ1) is 11.9. The number of rotatable bonds is 4. The standard InChI is InChI=1S/C21H27O3P/c1-7-18-24-17-13-8-10-14(20(17)25(18)21(2,3)4)19-15(22-5)11-9-12-16(19)23-6/h8-13,18H,7H2,1-6H3. The maximum absolute atomic E-state index is 6.35. The van der Waals surface area contributed by atoms with Gasteiger partial charge in [0.2, 0.25) is 0 Å². The highest BCUT2D eigenvalue weighted by Crippen LogP contribution is 2.61. The van der Waals surface area contributed by atoms with Crippen LogP contribution in [0.15, 0.2) is 36.4 Å². The summed E-state index contributed by atoms with van der Waals surface area (Å²) >= 11 is 0. The fourth-order valence-electron chi connectivity index (χ4n) is 3.56. The van der Waals surface area contributed by atoms with Crippen LogP contribution in [-0.2, 0) is 0 Å². The Morgan fingerprint density at radius 2 is 1.60 bits per heavy atom. The molecule has 1 aliphatic heterocycles. The number of methoxy groups -OCH3 is 2. The van der Waals surface area contributed by atoms with Gasteiger partial charge >= 0.3 is 0 Å². The van der Waals surface area contributed by atoms with Crippen LogP contribution >= 0.6 is 7.92 Å². The van der Waals surface area contributed by atoms with E-state index in [1.165, 1.54) is 10.9 Å². The minimum atomic E-state index is -0.478.